The normalized spacial score (nSPS) is 21.7. The van der Waals surface area contributed by atoms with Gasteiger partial charge in [-0.05, 0) is 57.7 Å². The molecule has 7 heteroatoms. The quantitative estimate of drug-likeness (QED) is 0.758. The van der Waals surface area contributed by atoms with Crippen LogP contribution in [-0.2, 0) is 14.9 Å². The van der Waals surface area contributed by atoms with Crippen molar-refractivity contribution in [2.24, 2.45) is 5.92 Å². The summed E-state index contributed by atoms with van der Waals surface area (Å²) >= 11 is 0. The first-order chi connectivity index (χ1) is 14.6. The Labute approximate surface area is 179 Å². The highest BCUT2D eigenvalue weighted by molar-refractivity contribution is 5.95. The van der Waals surface area contributed by atoms with Gasteiger partial charge in [0.1, 0.15) is 5.82 Å². The first-order valence-electron chi connectivity index (χ1n) is 11.5. The molecule has 4 rings (SSSR count). The van der Waals surface area contributed by atoms with Crippen LogP contribution < -0.4 is 4.90 Å². The van der Waals surface area contributed by atoms with Crippen LogP contribution in [0.2, 0.25) is 0 Å². The molecule has 30 heavy (non-hydrogen) atoms. The number of anilines is 1. The van der Waals surface area contributed by atoms with Crippen LogP contribution in [0.1, 0.15) is 51.5 Å². The van der Waals surface area contributed by atoms with Gasteiger partial charge in [0.15, 0.2) is 0 Å². The maximum absolute atomic E-state index is 12.5. The second kappa shape index (κ2) is 8.92. The van der Waals surface area contributed by atoms with Crippen LogP contribution in [0.3, 0.4) is 0 Å². The van der Waals surface area contributed by atoms with Gasteiger partial charge in [-0.15, -0.1) is 0 Å². The average molecular weight is 415 g/mol. The van der Waals surface area contributed by atoms with Gasteiger partial charge >= 0.3 is 6.09 Å². The molecule has 4 heterocycles. The fraction of sp³-hybridized carbons (Fsp3) is 0.696. The first-order valence-corrected chi connectivity index (χ1v) is 11.5. The fourth-order valence-corrected chi connectivity index (χ4v) is 5.35. The van der Waals surface area contributed by atoms with Crippen molar-refractivity contribution in [2.45, 2.75) is 51.4 Å². The molecule has 2 fully saturated rings. The lowest BCUT2D eigenvalue weighted by Gasteiger charge is -2.42. The summed E-state index contributed by atoms with van der Waals surface area (Å²) in [6.45, 7) is 9.80. The molecule has 0 bridgehead atoms. The second-order valence-corrected chi connectivity index (χ2v) is 8.92. The summed E-state index contributed by atoms with van der Waals surface area (Å²) in [6.07, 6.45) is 6.38. The van der Waals surface area contributed by atoms with E-state index in [1.165, 1.54) is 5.56 Å². The van der Waals surface area contributed by atoms with Gasteiger partial charge in [0, 0.05) is 49.8 Å². The molecule has 0 aliphatic carbocycles. The minimum atomic E-state index is -0.171. The van der Waals surface area contributed by atoms with E-state index in [-0.39, 0.29) is 17.4 Å². The van der Waals surface area contributed by atoms with Gasteiger partial charge in [-0.25, -0.2) is 9.78 Å². The third-order valence-electron chi connectivity index (χ3n) is 7.15. The highest BCUT2D eigenvalue weighted by Gasteiger charge is 2.46. The largest absolute Gasteiger partial charge is 0.450 e. The molecule has 3 aliphatic rings. The number of nitrogens with zero attached hydrogens (tertiary/aromatic N) is 4. The van der Waals surface area contributed by atoms with Crippen molar-refractivity contribution in [1.82, 2.24) is 14.8 Å². The predicted octanol–water partition coefficient (Wildman–Crippen LogP) is 3.04. The van der Waals surface area contributed by atoms with Crippen molar-refractivity contribution in [3.8, 4) is 0 Å². The van der Waals surface area contributed by atoms with Crippen LogP contribution in [0.5, 0.6) is 0 Å². The number of likely N-dealkylation sites (tertiary alicyclic amines) is 2. The fourth-order valence-electron chi connectivity index (χ4n) is 5.35. The third-order valence-corrected chi connectivity index (χ3v) is 7.15. The Balaban J connectivity index is 1.33. The maximum Gasteiger partial charge on any atom is 0.409 e. The maximum atomic E-state index is 12.5. The summed E-state index contributed by atoms with van der Waals surface area (Å²) in [6, 6.07) is 4.18. The summed E-state index contributed by atoms with van der Waals surface area (Å²) in [5.74, 6) is 1.69. The van der Waals surface area contributed by atoms with Crippen LogP contribution in [0.15, 0.2) is 18.3 Å². The van der Waals surface area contributed by atoms with Crippen LogP contribution >= 0.6 is 0 Å². The molecule has 2 saturated heterocycles. The predicted molar refractivity (Wildman–Crippen MR) is 116 cm³/mol. The number of fused-ring (bicyclic) bond motifs is 2. The van der Waals surface area contributed by atoms with Crippen LogP contribution in [0, 0.1) is 5.92 Å². The number of carbonyl (C=O) groups excluding carboxylic acids is 2. The molecule has 0 radical (unpaired) electrons. The van der Waals surface area contributed by atoms with E-state index in [4.69, 9.17) is 4.74 Å². The van der Waals surface area contributed by atoms with E-state index in [9.17, 15) is 9.59 Å². The molecule has 0 unspecified atom stereocenters. The topological polar surface area (TPSA) is 66.0 Å². The molecular weight excluding hydrogens is 380 g/mol. The van der Waals surface area contributed by atoms with Gasteiger partial charge in [0.25, 0.3) is 0 Å². The Kier molecular flexibility index (Phi) is 6.27. The lowest BCUT2D eigenvalue weighted by Crippen LogP contribution is -2.48. The molecule has 0 aromatic carbocycles. The Hall–Kier alpha value is -2.15. The zero-order valence-electron chi connectivity index (χ0n) is 18.3. The van der Waals surface area contributed by atoms with Crippen molar-refractivity contribution >= 4 is 17.8 Å². The zero-order valence-corrected chi connectivity index (χ0v) is 18.3. The van der Waals surface area contributed by atoms with Crippen LogP contribution in [0.4, 0.5) is 10.6 Å². The number of aromatic nitrogens is 1. The molecule has 0 atom stereocenters. The lowest BCUT2D eigenvalue weighted by molar-refractivity contribution is -0.118. The van der Waals surface area contributed by atoms with E-state index >= 15 is 0 Å². The molecule has 164 valence electrons. The lowest BCUT2D eigenvalue weighted by atomic mass is 9.74. The van der Waals surface area contributed by atoms with Gasteiger partial charge in [0.05, 0.1) is 6.61 Å². The molecule has 2 amide bonds. The number of ether oxygens (including phenoxy) is 1. The van der Waals surface area contributed by atoms with Gasteiger partial charge in [0.2, 0.25) is 5.91 Å². The Morgan fingerprint density at radius 2 is 1.90 bits per heavy atom. The number of hydrogen-bond acceptors (Lipinski definition) is 5. The molecule has 1 spiro atoms. The van der Waals surface area contributed by atoms with Gasteiger partial charge in [-0.1, -0.05) is 13.0 Å². The molecule has 7 nitrogen and oxygen atoms in total. The first kappa shape index (κ1) is 21.1. The van der Waals surface area contributed by atoms with E-state index < -0.39 is 0 Å². The molecule has 3 aliphatic heterocycles. The molecular formula is C23H34N4O3. The minimum absolute atomic E-state index is 0.0538. The average Bonchev–Trinajstić information content (AvgIpc) is 3.10. The Morgan fingerprint density at radius 3 is 2.57 bits per heavy atom. The summed E-state index contributed by atoms with van der Waals surface area (Å²) < 4.78 is 5.13. The monoisotopic (exact) mass is 414 g/mol. The van der Waals surface area contributed by atoms with Crippen molar-refractivity contribution in [1.29, 1.82) is 0 Å². The van der Waals surface area contributed by atoms with E-state index in [0.717, 1.165) is 70.8 Å². The smallest absolute Gasteiger partial charge is 0.409 e. The highest BCUT2D eigenvalue weighted by atomic mass is 16.6. The molecule has 1 aromatic rings. The van der Waals surface area contributed by atoms with Crippen molar-refractivity contribution in [3.05, 3.63) is 23.9 Å². The summed E-state index contributed by atoms with van der Waals surface area (Å²) in [7, 11) is 0. The summed E-state index contributed by atoms with van der Waals surface area (Å²) in [5, 5.41) is 0. The standard InChI is InChI=1S/C23H34N4O3/c1-3-20(28)27-17-23(19-6-5-11-24-21(19)27)9-14-25(15-10-23)16-18-7-12-26(13-8-18)22(29)30-4-2/h5-6,11,18H,3-4,7-10,12-17H2,1-2H3. The van der Waals surface area contributed by atoms with Gasteiger partial charge < -0.3 is 14.5 Å². The SMILES string of the molecule is CCOC(=O)N1CCC(CN2CCC3(CC2)CN(C(=O)CC)c2ncccc23)CC1. The number of rotatable bonds is 4. The molecule has 0 saturated carbocycles. The van der Waals surface area contributed by atoms with E-state index in [1.54, 1.807) is 6.20 Å². The van der Waals surface area contributed by atoms with Gasteiger partial charge in [-0.2, -0.15) is 0 Å². The molecule has 0 N–H and O–H groups in total. The van der Waals surface area contributed by atoms with Crippen LogP contribution in [-0.4, -0.2) is 72.7 Å². The Morgan fingerprint density at radius 1 is 1.17 bits per heavy atom. The number of amides is 2. The van der Waals surface area contributed by atoms with Gasteiger partial charge in [-0.3, -0.25) is 9.69 Å². The van der Waals surface area contributed by atoms with Crippen molar-refractivity contribution < 1.29 is 14.3 Å². The summed E-state index contributed by atoms with van der Waals surface area (Å²) in [4.78, 5) is 35.3. The summed E-state index contributed by atoms with van der Waals surface area (Å²) in [5.41, 5.74) is 1.31. The third kappa shape index (κ3) is 4.04. The number of pyridine rings is 1. The van der Waals surface area contributed by atoms with E-state index in [1.807, 2.05) is 29.7 Å². The van der Waals surface area contributed by atoms with E-state index in [0.29, 0.717) is 18.9 Å². The van der Waals surface area contributed by atoms with Crippen molar-refractivity contribution in [3.63, 3.8) is 0 Å². The number of piperidine rings is 2. The molecule has 1 aromatic heterocycles. The second-order valence-electron chi connectivity index (χ2n) is 8.92. The van der Waals surface area contributed by atoms with E-state index in [2.05, 4.69) is 16.0 Å². The number of hydrogen-bond donors (Lipinski definition) is 0. The zero-order chi connectivity index (χ0) is 21.1. The minimum Gasteiger partial charge on any atom is -0.450 e. The van der Waals surface area contributed by atoms with Crippen molar-refractivity contribution in [2.75, 3.05) is 50.8 Å². The van der Waals surface area contributed by atoms with Crippen LogP contribution in [0.25, 0.3) is 0 Å². The highest BCUT2D eigenvalue weighted by Crippen LogP contribution is 2.46. The Bertz CT molecular complexity index is 767. The number of carbonyl (C=O) groups is 2.